The van der Waals surface area contributed by atoms with Crippen molar-refractivity contribution in [2.24, 2.45) is 11.8 Å². The van der Waals surface area contributed by atoms with E-state index in [1.165, 1.54) is 6.07 Å². The van der Waals surface area contributed by atoms with E-state index in [9.17, 15) is 22.8 Å². The van der Waals surface area contributed by atoms with Crippen LogP contribution in [-0.2, 0) is 24.2 Å². The van der Waals surface area contributed by atoms with Gasteiger partial charge in [0.1, 0.15) is 6.54 Å². The minimum absolute atomic E-state index is 0.196. The second kappa shape index (κ2) is 7.89. The van der Waals surface area contributed by atoms with Crippen LogP contribution >= 0.6 is 0 Å². The van der Waals surface area contributed by atoms with Gasteiger partial charge in [-0.3, -0.25) is 19.3 Å². The Morgan fingerprint density at radius 3 is 2.17 bits per heavy atom. The van der Waals surface area contributed by atoms with Gasteiger partial charge in [0.25, 0.3) is 0 Å². The van der Waals surface area contributed by atoms with Crippen molar-refractivity contribution in [1.82, 2.24) is 4.90 Å². The molecule has 2 aliphatic carbocycles. The molecule has 1 heterocycles. The quantitative estimate of drug-likeness (QED) is 0.741. The van der Waals surface area contributed by atoms with Gasteiger partial charge in [-0.25, -0.2) is 8.42 Å². The van der Waals surface area contributed by atoms with Crippen LogP contribution < -0.4 is 5.32 Å². The Labute approximate surface area is 170 Å². The summed E-state index contributed by atoms with van der Waals surface area (Å²) >= 11 is 0. The number of anilines is 1. The highest BCUT2D eigenvalue weighted by Gasteiger charge is 2.48. The van der Waals surface area contributed by atoms with Gasteiger partial charge in [-0.2, -0.15) is 0 Å². The minimum Gasteiger partial charge on any atom is -0.324 e. The molecule has 3 fully saturated rings. The Morgan fingerprint density at radius 1 is 0.966 bits per heavy atom. The van der Waals surface area contributed by atoms with Gasteiger partial charge in [0, 0.05) is 5.69 Å². The Morgan fingerprint density at radius 2 is 1.55 bits per heavy atom. The largest absolute Gasteiger partial charge is 0.324 e. The molecule has 1 aliphatic heterocycles. The number of sulfone groups is 1. The molecular weight excluding hydrogens is 392 g/mol. The summed E-state index contributed by atoms with van der Waals surface area (Å²) in [6, 6.07) is 6.21. The highest BCUT2D eigenvalue weighted by molar-refractivity contribution is 7.92. The molecule has 4 rings (SSSR count). The van der Waals surface area contributed by atoms with Gasteiger partial charge in [0.2, 0.25) is 17.7 Å². The normalized spacial score (nSPS) is 25.3. The van der Waals surface area contributed by atoms with Crippen molar-refractivity contribution in [3.05, 3.63) is 24.3 Å². The summed E-state index contributed by atoms with van der Waals surface area (Å²) in [5, 5.41) is 2.28. The van der Waals surface area contributed by atoms with Crippen molar-refractivity contribution in [3.8, 4) is 0 Å². The lowest BCUT2D eigenvalue weighted by molar-refractivity contribution is -0.142. The summed E-state index contributed by atoms with van der Waals surface area (Å²) in [6.07, 6.45) is 6.44. The van der Waals surface area contributed by atoms with E-state index in [2.05, 4.69) is 5.32 Å². The summed E-state index contributed by atoms with van der Waals surface area (Å²) in [5.41, 5.74) is 0.352. The summed E-state index contributed by atoms with van der Waals surface area (Å²) in [5.74, 6) is -1.59. The molecule has 8 heteroatoms. The summed E-state index contributed by atoms with van der Waals surface area (Å²) in [4.78, 5) is 38.8. The summed E-state index contributed by atoms with van der Waals surface area (Å²) in [6.45, 7) is -0.329. The number of nitrogens with one attached hydrogen (secondary N) is 1. The van der Waals surface area contributed by atoms with Crippen molar-refractivity contribution in [1.29, 1.82) is 0 Å². The third kappa shape index (κ3) is 3.82. The molecule has 0 aromatic heterocycles. The molecule has 1 aromatic carbocycles. The Bertz CT molecular complexity index is 912. The molecule has 2 atom stereocenters. The molecule has 156 valence electrons. The van der Waals surface area contributed by atoms with E-state index in [0.717, 1.165) is 30.6 Å². The average Bonchev–Trinajstić information content (AvgIpc) is 3.33. The number of carbonyl (C=O) groups excluding carboxylic acids is 3. The van der Waals surface area contributed by atoms with Crippen LogP contribution in [0.5, 0.6) is 0 Å². The lowest BCUT2D eigenvalue weighted by atomic mass is 9.81. The topological polar surface area (TPSA) is 101 Å². The first-order valence-corrected chi connectivity index (χ1v) is 11.9. The number of imide groups is 1. The van der Waals surface area contributed by atoms with E-state index in [-0.39, 0.29) is 40.3 Å². The Hall–Kier alpha value is -2.22. The van der Waals surface area contributed by atoms with Crippen molar-refractivity contribution in [3.63, 3.8) is 0 Å². The van der Waals surface area contributed by atoms with Crippen molar-refractivity contribution < 1.29 is 22.8 Å². The smallest absolute Gasteiger partial charge is 0.244 e. The molecule has 3 amide bonds. The molecule has 1 N–H and O–H groups in total. The molecule has 0 bridgehead atoms. The number of rotatable bonds is 5. The monoisotopic (exact) mass is 418 g/mol. The maximum absolute atomic E-state index is 12.8. The third-order valence-corrected chi connectivity index (χ3v) is 8.68. The van der Waals surface area contributed by atoms with Crippen molar-refractivity contribution >= 4 is 33.2 Å². The standard InChI is InChI=1S/C21H26N2O5S/c24-19(13-23-20(25)17-10-3-4-11-18(17)21(23)26)22-14-6-5-9-16(12-14)29(27,28)15-7-1-2-8-15/h5-6,9,12,15,17-18H,1-4,7-8,10-11,13H2,(H,22,24)/t17-,18+. The first-order chi connectivity index (χ1) is 13.9. The van der Waals surface area contributed by atoms with Gasteiger partial charge in [-0.15, -0.1) is 0 Å². The van der Waals surface area contributed by atoms with Gasteiger partial charge in [0.15, 0.2) is 9.84 Å². The van der Waals surface area contributed by atoms with Crippen molar-refractivity contribution in [2.45, 2.75) is 61.5 Å². The number of benzene rings is 1. The lowest BCUT2D eigenvalue weighted by Gasteiger charge is -2.19. The van der Waals surface area contributed by atoms with Crippen LogP contribution in [0, 0.1) is 11.8 Å². The molecule has 7 nitrogen and oxygen atoms in total. The zero-order chi connectivity index (χ0) is 20.6. The number of hydrogen-bond donors (Lipinski definition) is 1. The van der Waals surface area contributed by atoms with Crippen LogP contribution in [0.15, 0.2) is 29.2 Å². The first-order valence-electron chi connectivity index (χ1n) is 10.4. The van der Waals surface area contributed by atoms with Gasteiger partial charge < -0.3 is 5.32 Å². The number of amides is 3. The molecule has 1 saturated heterocycles. The minimum atomic E-state index is -3.42. The molecule has 0 spiro atoms. The number of likely N-dealkylation sites (tertiary alicyclic amines) is 1. The second-order valence-electron chi connectivity index (χ2n) is 8.29. The summed E-state index contributed by atoms with van der Waals surface area (Å²) in [7, 11) is -3.42. The fraction of sp³-hybridized carbons (Fsp3) is 0.571. The molecule has 1 aromatic rings. The third-order valence-electron chi connectivity index (χ3n) is 6.42. The highest BCUT2D eigenvalue weighted by atomic mass is 32.2. The number of fused-ring (bicyclic) bond motifs is 1. The van der Waals surface area contributed by atoms with Gasteiger partial charge in [0.05, 0.1) is 22.0 Å². The predicted octanol–water partition coefficient (Wildman–Crippen LogP) is 2.52. The van der Waals surface area contributed by atoms with Crippen LogP contribution in [0.25, 0.3) is 0 Å². The second-order valence-corrected chi connectivity index (χ2v) is 10.5. The van der Waals surface area contributed by atoms with Crippen LogP contribution in [0.2, 0.25) is 0 Å². The van der Waals surface area contributed by atoms with E-state index < -0.39 is 15.7 Å². The number of nitrogens with zero attached hydrogens (tertiary/aromatic N) is 1. The zero-order valence-corrected chi connectivity index (χ0v) is 17.1. The van der Waals surface area contributed by atoms with E-state index in [1.54, 1.807) is 18.2 Å². The van der Waals surface area contributed by atoms with Crippen LogP contribution in [0.4, 0.5) is 5.69 Å². The SMILES string of the molecule is O=C(CN1C(=O)[C@H]2CCCC[C@H]2C1=O)Nc1cccc(S(=O)(=O)C2CCCC2)c1. The van der Waals surface area contributed by atoms with E-state index >= 15 is 0 Å². The van der Waals surface area contributed by atoms with E-state index in [4.69, 9.17) is 0 Å². The Kier molecular flexibility index (Phi) is 5.46. The molecule has 0 radical (unpaired) electrons. The fourth-order valence-corrected chi connectivity index (χ4v) is 6.77. The van der Waals surface area contributed by atoms with Crippen LogP contribution in [0.3, 0.4) is 0 Å². The molecule has 0 unspecified atom stereocenters. The fourth-order valence-electron chi connectivity index (χ4n) is 4.87. The summed E-state index contributed by atoms with van der Waals surface area (Å²) < 4.78 is 25.5. The maximum atomic E-state index is 12.8. The zero-order valence-electron chi connectivity index (χ0n) is 16.3. The Balaban J connectivity index is 1.44. The maximum Gasteiger partial charge on any atom is 0.244 e. The lowest BCUT2D eigenvalue weighted by Crippen LogP contribution is -2.38. The van der Waals surface area contributed by atoms with E-state index in [1.807, 2.05) is 0 Å². The van der Waals surface area contributed by atoms with Crippen LogP contribution in [0.1, 0.15) is 51.4 Å². The molecular formula is C21H26N2O5S. The highest BCUT2D eigenvalue weighted by Crippen LogP contribution is 2.38. The van der Waals surface area contributed by atoms with Gasteiger partial charge in [-0.1, -0.05) is 31.7 Å². The molecule has 29 heavy (non-hydrogen) atoms. The number of hydrogen-bond acceptors (Lipinski definition) is 5. The van der Waals surface area contributed by atoms with Gasteiger partial charge in [-0.05, 0) is 43.9 Å². The van der Waals surface area contributed by atoms with Crippen LogP contribution in [-0.4, -0.2) is 42.8 Å². The molecule has 3 aliphatic rings. The van der Waals surface area contributed by atoms with Gasteiger partial charge >= 0.3 is 0 Å². The number of carbonyl (C=O) groups is 3. The molecule has 2 saturated carbocycles. The van der Waals surface area contributed by atoms with Crippen molar-refractivity contribution in [2.75, 3.05) is 11.9 Å². The first kappa shape index (κ1) is 20.1. The average molecular weight is 419 g/mol. The predicted molar refractivity (Wildman–Crippen MR) is 107 cm³/mol. The van der Waals surface area contributed by atoms with E-state index in [0.29, 0.717) is 31.4 Å².